The van der Waals surface area contributed by atoms with Crippen molar-refractivity contribution in [2.45, 2.75) is 18.5 Å². The van der Waals surface area contributed by atoms with Crippen molar-refractivity contribution in [1.82, 2.24) is 4.90 Å². The maximum Gasteiger partial charge on any atom is 0.190 e. The lowest BCUT2D eigenvalue weighted by Crippen LogP contribution is -2.50. The van der Waals surface area contributed by atoms with E-state index in [4.69, 9.17) is 22.9 Å². The van der Waals surface area contributed by atoms with E-state index < -0.39 is 0 Å². The minimum absolute atomic E-state index is 0.0631. The van der Waals surface area contributed by atoms with E-state index in [1.807, 2.05) is 48.5 Å². The summed E-state index contributed by atoms with van der Waals surface area (Å²) in [6.45, 7) is 10.4. The molecule has 34 heavy (non-hydrogen) atoms. The van der Waals surface area contributed by atoms with E-state index in [1.165, 1.54) is 0 Å². The molecule has 2 aliphatic rings. The Morgan fingerprint density at radius 2 is 1.88 bits per heavy atom. The third-order valence-electron chi connectivity index (χ3n) is 6.63. The van der Waals surface area contributed by atoms with Gasteiger partial charge in [-0.2, -0.15) is 5.26 Å². The first-order chi connectivity index (χ1) is 16.6. The smallest absolute Gasteiger partial charge is 0.190 e. The molecule has 0 unspecified atom stereocenters. The molecule has 0 radical (unpaired) electrons. The Bertz CT molecular complexity index is 1300. The Kier molecular flexibility index (Phi) is 6.48. The molecule has 7 heteroatoms. The van der Waals surface area contributed by atoms with E-state index in [0.717, 1.165) is 53.1 Å². The predicted octanol–water partition coefficient (Wildman–Crippen LogP) is 6.91. The maximum atomic E-state index is 9.81. The van der Waals surface area contributed by atoms with Crippen molar-refractivity contribution in [3.8, 4) is 11.8 Å². The quantitative estimate of drug-likeness (QED) is 0.343. The minimum Gasteiger partial charge on any atom is -0.494 e. The van der Waals surface area contributed by atoms with Crippen LogP contribution < -0.4 is 9.64 Å². The van der Waals surface area contributed by atoms with E-state index in [0.29, 0.717) is 22.9 Å². The molecular formula is C27H22BrClN4O. The standard InChI is InChI=1S/C27H22BrClN4O/c1-31-22-7-8-23-25(10-13-34-27(23)15-22)32-11-12-33(24-9-4-20(28)14-19(24)16-30)26(17-32)18-2-5-21(29)6-3-18/h2-9,14-15,25-26H,10-13,17H2/t25-,26-/m0/s1. The number of hydrogen-bond acceptors (Lipinski definition) is 4. The first-order valence-electron chi connectivity index (χ1n) is 11.2. The maximum absolute atomic E-state index is 9.81. The Hall–Kier alpha value is -3.03. The number of piperazine rings is 1. The lowest BCUT2D eigenvalue weighted by atomic mass is 9.94. The summed E-state index contributed by atoms with van der Waals surface area (Å²) in [5, 5.41) is 10.5. The van der Waals surface area contributed by atoms with Crippen molar-refractivity contribution in [3.05, 3.63) is 98.3 Å². The first-order valence-corrected chi connectivity index (χ1v) is 12.3. The van der Waals surface area contributed by atoms with Crippen molar-refractivity contribution < 1.29 is 4.74 Å². The van der Waals surface area contributed by atoms with E-state index in [2.05, 4.69) is 48.8 Å². The molecule has 3 aromatic carbocycles. The van der Waals surface area contributed by atoms with Crippen LogP contribution in [0.1, 0.15) is 35.2 Å². The fourth-order valence-electron chi connectivity index (χ4n) is 5.00. The Morgan fingerprint density at radius 1 is 1.06 bits per heavy atom. The fraction of sp³-hybridized carbons (Fsp3) is 0.259. The number of benzene rings is 3. The largest absolute Gasteiger partial charge is 0.494 e. The summed E-state index contributed by atoms with van der Waals surface area (Å²) in [6.07, 6.45) is 0.902. The highest BCUT2D eigenvalue weighted by atomic mass is 79.9. The molecule has 1 saturated heterocycles. The van der Waals surface area contributed by atoms with Gasteiger partial charge in [0.2, 0.25) is 0 Å². The zero-order valence-corrected chi connectivity index (χ0v) is 20.8. The van der Waals surface area contributed by atoms with Crippen molar-refractivity contribution in [2.24, 2.45) is 0 Å². The number of anilines is 1. The molecule has 2 aliphatic heterocycles. The minimum atomic E-state index is 0.0631. The average Bonchev–Trinajstić information content (AvgIpc) is 2.88. The molecule has 3 aromatic rings. The highest BCUT2D eigenvalue weighted by Crippen LogP contribution is 2.42. The lowest BCUT2D eigenvalue weighted by Gasteiger charge is -2.47. The number of ether oxygens (including phenoxy) is 1. The Balaban J connectivity index is 1.51. The molecule has 170 valence electrons. The highest BCUT2D eigenvalue weighted by molar-refractivity contribution is 9.10. The summed E-state index contributed by atoms with van der Waals surface area (Å²) < 4.78 is 6.80. The average molecular weight is 534 g/mol. The molecule has 0 bridgehead atoms. The van der Waals surface area contributed by atoms with Crippen LogP contribution in [0.15, 0.2) is 65.1 Å². The number of hydrogen-bond donors (Lipinski definition) is 0. The zero-order chi connectivity index (χ0) is 23.7. The molecule has 1 fully saturated rings. The number of fused-ring (bicyclic) bond motifs is 1. The van der Waals surface area contributed by atoms with Crippen molar-refractivity contribution in [3.63, 3.8) is 0 Å². The summed E-state index contributed by atoms with van der Waals surface area (Å²) in [5.74, 6) is 0.815. The molecule has 2 heterocycles. The van der Waals surface area contributed by atoms with Gasteiger partial charge in [-0.3, -0.25) is 4.90 Å². The van der Waals surface area contributed by atoms with Crippen LogP contribution in [0.2, 0.25) is 5.02 Å². The van der Waals surface area contributed by atoms with Crippen LogP contribution >= 0.6 is 27.5 Å². The predicted molar refractivity (Wildman–Crippen MR) is 138 cm³/mol. The molecule has 0 N–H and O–H groups in total. The molecule has 5 nitrogen and oxygen atoms in total. The molecule has 0 aliphatic carbocycles. The van der Waals surface area contributed by atoms with E-state index >= 15 is 0 Å². The van der Waals surface area contributed by atoms with Gasteiger partial charge in [-0.15, -0.1) is 0 Å². The topological polar surface area (TPSA) is 43.9 Å². The van der Waals surface area contributed by atoms with Gasteiger partial charge in [-0.1, -0.05) is 51.8 Å². The number of halogens is 2. The Labute approximate surface area is 213 Å². The van der Waals surface area contributed by atoms with Gasteiger partial charge in [0.05, 0.1) is 30.5 Å². The number of rotatable bonds is 3. The van der Waals surface area contributed by atoms with Gasteiger partial charge in [0.15, 0.2) is 5.69 Å². The highest BCUT2D eigenvalue weighted by Gasteiger charge is 2.35. The lowest BCUT2D eigenvalue weighted by molar-refractivity contribution is 0.117. The molecule has 0 spiro atoms. The van der Waals surface area contributed by atoms with Gasteiger partial charge in [0, 0.05) is 47.2 Å². The second-order valence-corrected chi connectivity index (χ2v) is 9.87. The molecule has 2 atom stereocenters. The van der Waals surface area contributed by atoms with Gasteiger partial charge in [0.1, 0.15) is 11.8 Å². The summed E-state index contributed by atoms with van der Waals surface area (Å²) in [7, 11) is 0. The third-order valence-corrected chi connectivity index (χ3v) is 7.38. The van der Waals surface area contributed by atoms with Gasteiger partial charge in [0.25, 0.3) is 0 Å². The molecule has 0 aromatic heterocycles. The van der Waals surface area contributed by atoms with E-state index in [-0.39, 0.29) is 12.1 Å². The molecule has 0 amide bonds. The fourth-order valence-corrected chi connectivity index (χ4v) is 5.49. The van der Waals surface area contributed by atoms with Gasteiger partial charge in [-0.25, -0.2) is 4.85 Å². The molecule has 5 rings (SSSR count). The van der Waals surface area contributed by atoms with Crippen molar-refractivity contribution in [1.29, 1.82) is 5.26 Å². The first kappa shape index (κ1) is 22.7. The van der Waals surface area contributed by atoms with E-state index in [9.17, 15) is 5.26 Å². The van der Waals surface area contributed by atoms with Crippen LogP contribution in [-0.2, 0) is 0 Å². The van der Waals surface area contributed by atoms with Crippen LogP contribution in [-0.4, -0.2) is 31.1 Å². The van der Waals surface area contributed by atoms with Crippen LogP contribution in [0.5, 0.6) is 5.75 Å². The summed E-state index contributed by atoms with van der Waals surface area (Å²) in [5.41, 5.74) is 4.51. The molecule has 0 saturated carbocycles. The van der Waals surface area contributed by atoms with Gasteiger partial charge in [-0.05, 0) is 42.0 Å². The van der Waals surface area contributed by atoms with Crippen LogP contribution in [0, 0.1) is 17.9 Å². The second-order valence-electron chi connectivity index (χ2n) is 8.52. The van der Waals surface area contributed by atoms with Crippen molar-refractivity contribution >= 4 is 38.9 Å². The van der Waals surface area contributed by atoms with Gasteiger partial charge < -0.3 is 9.64 Å². The molecular weight excluding hydrogens is 512 g/mol. The zero-order valence-electron chi connectivity index (χ0n) is 18.4. The number of nitriles is 1. The van der Waals surface area contributed by atoms with Crippen LogP contribution in [0.4, 0.5) is 11.4 Å². The normalized spacial score (nSPS) is 20.1. The van der Waals surface area contributed by atoms with Gasteiger partial charge >= 0.3 is 0 Å². The number of nitrogens with zero attached hydrogens (tertiary/aromatic N) is 4. The van der Waals surface area contributed by atoms with Crippen molar-refractivity contribution in [2.75, 3.05) is 31.1 Å². The second kappa shape index (κ2) is 9.68. The van der Waals surface area contributed by atoms with Crippen LogP contribution in [0.25, 0.3) is 4.85 Å². The summed E-state index contributed by atoms with van der Waals surface area (Å²) in [4.78, 5) is 8.40. The summed E-state index contributed by atoms with van der Waals surface area (Å²) >= 11 is 9.69. The monoisotopic (exact) mass is 532 g/mol. The summed E-state index contributed by atoms with van der Waals surface area (Å²) in [6, 6.07) is 22.3. The van der Waals surface area contributed by atoms with Crippen LogP contribution in [0.3, 0.4) is 0 Å². The van der Waals surface area contributed by atoms with E-state index in [1.54, 1.807) is 0 Å². The third kappa shape index (κ3) is 4.38. The Morgan fingerprint density at radius 3 is 2.65 bits per heavy atom. The SMILES string of the molecule is [C-]#[N+]c1ccc2c(c1)OCC[C@@H]2N1CCN(c2ccc(Br)cc2C#N)[C@H](c2ccc(Cl)cc2)C1.